The maximum absolute atomic E-state index is 13.8. The number of benzene rings is 2. The number of imide groups is 1. The van der Waals surface area contributed by atoms with Crippen molar-refractivity contribution in [3.63, 3.8) is 0 Å². The van der Waals surface area contributed by atoms with Gasteiger partial charge in [0.1, 0.15) is 6.04 Å². The molecule has 1 unspecified atom stereocenters. The summed E-state index contributed by atoms with van der Waals surface area (Å²) in [5.41, 5.74) is 0.962. The molecule has 1 atom stereocenters. The highest BCUT2D eigenvalue weighted by atomic mass is 16.7. The number of hydrogen-bond acceptors (Lipinski definition) is 5. The molecule has 2 aromatic rings. The first-order chi connectivity index (χ1) is 15.6. The second-order valence-corrected chi connectivity index (χ2v) is 10.2. The van der Waals surface area contributed by atoms with E-state index in [1.807, 2.05) is 24.3 Å². The SMILES string of the molecule is CC1(C)C(C(=O)N(Cc2ccc3c(c2)OCO3)C2CC(=O)N(c3ccccc3)C2=O)C1(C)C. The van der Waals surface area contributed by atoms with Gasteiger partial charge in [-0.2, -0.15) is 0 Å². The van der Waals surface area contributed by atoms with Gasteiger partial charge >= 0.3 is 0 Å². The van der Waals surface area contributed by atoms with E-state index in [4.69, 9.17) is 9.47 Å². The van der Waals surface area contributed by atoms with Crippen molar-refractivity contribution < 1.29 is 23.9 Å². The standard InChI is InChI=1S/C26H28N2O5/c1-25(2)22(26(25,3)4)24(31)27(14-16-10-11-19-20(12-16)33-15-32-19)18-13-21(29)28(23(18)30)17-8-6-5-7-9-17/h5-12,18,22H,13-15H2,1-4H3. The van der Waals surface area contributed by atoms with Crippen LogP contribution in [0.4, 0.5) is 5.69 Å². The monoisotopic (exact) mass is 448 g/mol. The van der Waals surface area contributed by atoms with E-state index in [9.17, 15) is 14.4 Å². The molecule has 0 bridgehead atoms. The second kappa shape index (κ2) is 7.33. The molecule has 7 nitrogen and oxygen atoms in total. The molecular formula is C26H28N2O5. The average molecular weight is 449 g/mol. The molecule has 2 aromatic carbocycles. The minimum absolute atomic E-state index is 0.0302. The van der Waals surface area contributed by atoms with Crippen LogP contribution in [-0.2, 0) is 20.9 Å². The smallest absolute Gasteiger partial charge is 0.257 e. The number of amides is 3. The number of nitrogens with zero attached hydrogens (tertiary/aromatic N) is 2. The van der Waals surface area contributed by atoms with E-state index in [-0.39, 0.29) is 54.2 Å². The number of carbonyl (C=O) groups is 3. The Balaban J connectivity index is 1.48. The molecule has 0 N–H and O–H groups in total. The molecule has 2 heterocycles. The third kappa shape index (κ3) is 3.29. The number of anilines is 1. The lowest BCUT2D eigenvalue weighted by molar-refractivity contribution is -0.141. The van der Waals surface area contributed by atoms with Crippen LogP contribution >= 0.6 is 0 Å². The van der Waals surface area contributed by atoms with Crippen molar-refractivity contribution >= 4 is 23.4 Å². The van der Waals surface area contributed by atoms with E-state index in [0.29, 0.717) is 17.2 Å². The minimum Gasteiger partial charge on any atom is -0.454 e. The van der Waals surface area contributed by atoms with Crippen LogP contribution < -0.4 is 14.4 Å². The molecular weight excluding hydrogens is 420 g/mol. The van der Waals surface area contributed by atoms with Crippen LogP contribution in [0.2, 0.25) is 0 Å². The van der Waals surface area contributed by atoms with E-state index in [1.165, 1.54) is 4.90 Å². The van der Waals surface area contributed by atoms with E-state index >= 15 is 0 Å². The maximum atomic E-state index is 13.8. The molecule has 0 spiro atoms. The van der Waals surface area contributed by atoms with E-state index in [0.717, 1.165) is 5.56 Å². The van der Waals surface area contributed by atoms with Crippen molar-refractivity contribution in [2.45, 2.75) is 46.7 Å². The summed E-state index contributed by atoms with van der Waals surface area (Å²) >= 11 is 0. The summed E-state index contributed by atoms with van der Waals surface area (Å²) in [7, 11) is 0. The molecule has 3 aliphatic rings. The fourth-order valence-electron chi connectivity index (χ4n) is 5.26. The van der Waals surface area contributed by atoms with E-state index in [1.54, 1.807) is 29.2 Å². The van der Waals surface area contributed by atoms with Crippen LogP contribution in [0.15, 0.2) is 48.5 Å². The summed E-state index contributed by atoms with van der Waals surface area (Å²) in [4.78, 5) is 43.0. The van der Waals surface area contributed by atoms with Crippen LogP contribution in [0.5, 0.6) is 11.5 Å². The summed E-state index contributed by atoms with van der Waals surface area (Å²) in [5, 5.41) is 0. The van der Waals surface area contributed by atoms with Gasteiger partial charge in [0, 0.05) is 12.5 Å². The van der Waals surface area contributed by atoms with Gasteiger partial charge in [0.05, 0.1) is 12.1 Å². The van der Waals surface area contributed by atoms with Crippen LogP contribution in [-0.4, -0.2) is 35.5 Å². The van der Waals surface area contributed by atoms with Crippen LogP contribution in [0.25, 0.3) is 0 Å². The Kier molecular flexibility index (Phi) is 4.78. The molecule has 33 heavy (non-hydrogen) atoms. The Hall–Kier alpha value is -3.35. The molecule has 5 rings (SSSR count). The minimum atomic E-state index is -0.845. The van der Waals surface area contributed by atoms with E-state index < -0.39 is 6.04 Å². The van der Waals surface area contributed by atoms with Gasteiger partial charge in [-0.1, -0.05) is 52.0 Å². The number of ether oxygens (including phenoxy) is 2. The fourth-order valence-corrected chi connectivity index (χ4v) is 5.26. The zero-order valence-electron chi connectivity index (χ0n) is 19.3. The quantitative estimate of drug-likeness (QED) is 0.651. The predicted molar refractivity (Wildman–Crippen MR) is 122 cm³/mol. The first-order valence-corrected chi connectivity index (χ1v) is 11.2. The normalized spacial score (nSPS) is 22.5. The van der Waals surface area contributed by atoms with Gasteiger partial charge in [-0.25, -0.2) is 4.90 Å². The topological polar surface area (TPSA) is 76.2 Å². The highest BCUT2D eigenvalue weighted by Crippen LogP contribution is 2.69. The Morgan fingerprint density at radius 3 is 2.33 bits per heavy atom. The van der Waals surface area contributed by atoms with E-state index in [2.05, 4.69) is 27.7 Å². The number of para-hydroxylation sites is 1. The van der Waals surface area contributed by atoms with Crippen molar-refractivity contribution in [2.75, 3.05) is 11.7 Å². The third-order valence-corrected chi connectivity index (χ3v) is 7.85. The average Bonchev–Trinajstić information content (AvgIpc) is 3.15. The van der Waals surface area contributed by atoms with Gasteiger partial charge in [0.15, 0.2) is 11.5 Å². The maximum Gasteiger partial charge on any atom is 0.257 e. The number of fused-ring (bicyclic) bond motifs is 1. The first-order valence-electron chi connectivity index (χ1n) is 11.2. The Morgan fingerprint density at radius 2 is 1.67 bits per heavy atom. The Labute approximate surface area is 193 Å². The summed E-state index contributed by atoms with van der Waals surface area (Å²) < 4.78 is 10.9. The first kappa shape index (κ1) is 21.5. The molecule has 1 saturated carbocycles. The zero-order chi connectivity index (χ0) is 23.5. The fraction of sp³-hybridized carbons (Fsp3) is 0.423. The lowest BCUT2D eigenvalue weighted by atomic mass is 10.0. The number of hydrogen-bond donors (Lipinski definition) is 0. The van der Waals surface area contributed by atoms with Crippen LogP contribution in [0, 0.1) is 16.7 Å². The van der Waals surface area contributed by atoms with Crippen molar-refractivity contribution in [1.82, 2.24) is 4.90 Å². The molecule has 0 radical (unpaired) electrons. The van der Waals surface area contributed by atoms with Gasteiger partial charge in [-0.3, -0.25) is 14.4 Å². The van der Waals surface area contributed by atoms with Crippen molar-refractivity contribution in [1.29, 1.82) is 0 Å². The Morgan fingerprint density at radius 1 is 1.00 bits per heavy atom. The summed E-state index contributed by atoms with van der Waals surface area (Å²) in [5.74, 6) is 0.289. The molecule has 7 heteroatoms. The predicted octanol–water partition coefficient (Wildman–Crippen LogP) is 3.76. The molecule has 3 amide bonds. The summed E-state index contributed by atoms with van der Waals surface area (Å²) in [6, 6.07) is 13.5. The van der Waals surface area contributed by atoms with Gasteiger partial charge in [-0.05, 0) is 40.7 Å². The molecule has 2 aliphatic heterocycles. The number of carbonyl (C=O) groups excluding carboxylic acids is 3. The molecule has 1 aliphatic carbocycles. The van der Waals surface area contributed by atoms with Crippen molar-refractivity contribution in [2.24, 2.45) is 16.7 Å². The lowest BCUT2D eigenvalue weighted by Crippen LogP contribution is -2.46. The zero-order valence-corrected chi connectivity index (χ0v) is 19.3. The molecule has 0 aromatic heterocycles. The van der Waals surface area contributed by atoms with Crippen LogP contribution in [0.3, 0.4) is 0 Å². The largest absolute Gasteiger partial charge is 0.454 e. The number of rotatable bonds is 5. The van der Waals surface area contributed by atoms with Gasteiger partial charge in [0.2, 0.25) is 18.6 Å². The highest BCUT2D eigenvalue weighted by Gasteiger charge is 2.69. The van der Waals surface area contributed by atoms with Gasteiger partial charge in [0.25, 0.3) is 5.91 Å². The lowest BCUT2D eigenvalue weighted by Gasteiger charge is -2.29. The summed E-state index contributed by atoms with van der Waals surface area (Å²) in [6.45, 7) is 8.68. The van der Waals surface area contributed by atoms with Gasteiger partial charge < -0.3 is 14.4 Å². The van der Waals surface area contributed by atoms with Gasteiger partial charge in [-0.15, -0.1) is 0 Å². The van der Waals surface area contributed by atoms with Crippen molar-refractivity contribution in [3.8, 4) is 11.5 Å². The second-order valence-electron chi connectivity index (χ2n) is 10.2. The highest BCUT2D eigenvalue weighted by molar-refractivity contribution is 6.23. The molecule has 1 saturated heterocycles. The van der Waals surface area contributed by atoms with Crippen molar-refractivity contribution in [3.05, 3.63) is 54.1 Å². The summed E-state index contributed by atoms with van der Waals surface area (Å²) in [6.07, 6.45) is -0.0302. The third-order valence-electron chi connectivity index (χ3n) is 7.85. The molecule has 172 valence electrons. The Bertz CT molecular complexity index is 1130. The van der Waals surface area contributed by atoms with Crippen LogP contribution in [0.1, 0.15) is 39.7 Å². The molecule has 2 fully saturated rings.